The third kappa shape index (κ3) is 5.71. The number of rotatable bonds is 10. The zero-order chi connectivity index (χ0) is 29.8. The number of nitrogens with zero attached hydrogens (tertiary/aromatic N) is 3. The van der Waals surface area contributed by atoms with E-state index in [2.05, 4.69) is 29.0 Å². The van der Waals surface area contributed by atoms with E-state index in [9.17, 15) is 14.4 Å². The van der Waals surface area contributed by atoms with Gasteiger partial charge in [0.1, 0.15) is 0 Å². The van der Waals surface area contributed by atoms with Crippen molar-refractivity contribution in [3.63, 3.8) is 0 Å². The predicted molar refractivity (Wildman–Crippen MR) is 166 cm³/mol. The van der Waals surface area contributed by atoms with E-state index in [1.54, 1.807) is 30.3 Å². The second-order valence-corrected chi connectivity index (χ2v) is 9.90. The van der Waals surface area contributed by atoms with Gasteiger partial charge in [-0.3, -0.25) is 19.4 Å². The largest absolute Gasteiger partial charge is 0.372 e. The van der Waals surface area contributed by atoms with Gasteiger partial charge < -0.3 is 26.3 Å². The number of amides is 3. The maximum atomic E-state index is 13.5. The molecule has 0 aliphatic rings. The van der Waals surface area contributed by atoms with Gasteiger partial charge in [0.2, 0.25) is 11.8 Å². The third-order valence-corrected chi connectivity index (χ3v) is 7.32. The van der Waals surface area contributed by atoms with Crippen molar-refractivity contribution in [2.24, 2.45) is 11.5 Å². The number of carbonyl (C=O) groups is 3. The van der Waals surface area contributed by atoms with Crippen molar-refractivity contribution >= 4 is 40.0 Å². The van der Waals surface area contributed by atoms with E-state index in [0.29, 0.717) is 40.2 Å². The Morgan fingerprint density at radius 3 is 2.38 bits per heavy atom. The summed E-state index contributed by atoms with van der Waals surface area (Å²) in [7, 11) is 0. The first kappa shape index (κ1) is 28.1. The van der Waals surface area contributed by atoms with Crippen molar-refractivity contribution in [3.8, 4) is 11.3 Å². The van der Waals surface area contributed by atoms with Gasteiger partial charge in [0.15, 0.2) is 0 Å². The second kappa shape index (κ2) is 12.0. The van der Waals surface area contributed by atoms with Gasteiger partial charge in [0.05, 0.1) is 11.4 Å². The van der Waals surface area contributed by atoms with E-state index in [-0.39, 0.29) is 5.91 Å². The fourth-order valence-electron chi connectivity index (χ4n) is 5.15. The van der Waals surface area contributed by atoms with E-state index in [0.717, 1.165) is 35.2 Å². The molecule has 42 heavy (non-hydrogen) atoms. The van der Waals surface area contributed by atoms with E-state index in [4.69, 9.17) is 11.5 Å². The Labute approximate surface area is 243 Å². The van der Waals surface area contributed by atoms with Gasteiger partial charge in [-0.2, -0.15) is 0 Å². The molecular weight excluding hydrogens is 528 g/mol. The van der Waals surface area contributed by atoms with Gasteiger partial charge in [0, 0.05) is 70.9 Å². The molecule has 0 saturated carbocycles. The molecule has 2 aromatic heterocycles. The van der Waals surface area contributed by atoms with E-state index < -0.39 is 11.8 Å². The van der Waals surface area contributed by atoms with Crippen molar-refractivity contribution in [2.45, 2.75) is 20.4 Å². The van der Waals surface area contributed by atoms with Gasteiger partial charge in [-0.1, -0.05) is 18.2 Å². The van der Waals surface area contributed by atoms with Crippen LogP contribution < -0.4 is 21.7 Å². The Bertz CT molecular complexity index is 1810. The van der Waals surface area contributed by atoms with Crippen LogP contribution in [0, 0.1) is 0 Å². The minimum absolute atomic E-state index is 0.284. The lowest BCUT2D eigenvalue weighted by molar-refractivity contribution is 0.0992. The van der Waals surface area contributed by atoms with Gasteiger partial charge in [0.25, 0.3) is 5.91 Å². The average Bonchev–Trinajstić information content (AvgIpc) is 3.41. The van der Waals surface area contributed by atoms with Crippen molar-refractivity contribution in [1.82, 2.24) is 9.55 Å². The van der Waals surface area contributed by atoms with Crippen molar-refractivity contribution in [2.75, 3.05) is 23.3 Å². The quantitative estimate of drug-likeness (QED) is 0.220. The highest BCUT2D eigenvalue weighted by molar-refractivity contribution is 6.07. The number of nitrogens with one attached hydrogen (secondary N) is 1. The molecule has 5 N–H and O–H groups in total. The van der Waals surface area contributed by atoms with E-state index in [1.807, 2.05) is 59.3 Å². The molecule has 0 radical (unpaired) electrons. The number of fused-ring (bicyclic) bond motifs is 1. The molecule has 212 valence electrons. The van der Waals surface area contributed by atoms with E-state index >= 15 is 0 Å². The normalized spacial score (nSPS) is 10.9. The van der Waals surface area contributed by atoms with Crippen LogP contribution in [0.1, 0.15) is 50.5 Å². The van der Waals surface area contributed by atoms with Crippen LogP contribution in [-0.4, -0.2) is 40.4 Å². The predicted octanol–water partition coefficient (Wildman–Crippen LogP) is 5.05. The van der Waals surface area contributed by atoms with Crippen LogP contribution in [0.25, 0.3) is 22.2 Å². The Morgan fingerprint density at radius 2 is 1.64 bits per heavy atom. The summed E-state index contributed by atoms with van der Waals surface area (Å²) in [5.41, 5.74) is 16.9. The molecule has 0 aliphatic carbocycles. The van der Waals surface area contributed by atoms with Crippen molar-refractivity contribution < 1.29 is 14.4 Å². The molecule has 0 aliphatic heterocycles. The number of primary amides is 2. The van der Waals surface area contributed by atoms with Crippen LogP contribution >= 0.6 is 0 Å². The third-order valence-electron chi connectivity index (χ3n) is 7.32. The topological polar surface area (TPSA) is 136 Å². The fraction of sp³-hybridized carbons (Fsp3) is 0.152. The first-order chi connectivity index (χ1) is 20.3. The van der Waals surface area contributed by atoms with Crippen LogP contribution in [0.2, 0.25) is 0 Å². The summed E-state index contributed by atoms with van der Waals surface area (Å²) >= 11 is 0. The molecule has 0 atom stereocenters. The maximum absolute atomic E-state index is 13.5. The molecule has 0 spiro atoms. The first-order valence-corrected chi connectivity index (χ1v) is 13.7. The van der Waals surface area contributed by atoms with Crippen LogP contribution in [0.4, 0.5) is 11.4 Å². The molecule has 9 heteroatoms. The highest BCUT2D eigenvalue weighted by Crippen LogP contribution is 2.32. The minimum Gasteiger partial charge on any atom is -0.372 e. The molecule has 0 saturated heterocycles. The summed E-state index contributed by atoms with van der Waals surface area (Å²) in [5.74, 6) is -1.31. The Hall–Kier alpha value is -5.44. The second-order valence-electron chi connectivity index (χ2n) is 9.90. The number of aromatic nitrogens is 2. The SMILES string of the molecule is CCN(CC)c1ccc(NC(=O)c2cccc(Cn3ccc4c(C(N)=O)cccc43)c2)c(-c2cc(C(N)=O)ccn2)c1. The number of nitrogens with two attached hydrogens (primary N) is 2. The molecule has 3 aromatic carbocycles. The van der Waals surface area contributed by atoms with E-state index in [1.165, 1.54) is 6.20 Å². The zero-order valence-corrected chi connectivity index (χ0v) is 23.5. The smallest absolute Gasteiger partial charge is 0.255 e. The summed E-state index contributed by atoms with van der Waals surface area (Å²) in [5, 5.41) is 3.83. The number of hydrogen-bond acceptors (Lipinski definition) is 5. The van der Waals surface area contributed by atoms with Gasteiger partial charge >= 0.3 is 0 Å². The van der Waals surface area contributed by atoms with Crippen LogP contribution in [0.15, 0.2) is 91.3 Å². The van der Waals surface area contributed by atoms with Crippen LogP contribution in [-0.2, 0) is 6.54 Å². The Kier molecular flexibility index (Phi) is 8.01. The molecule has 3 amide bonds. The molecule has 5 rings (SSSR count). The van der Waals surface area contributed by atoms with Gasteiger partial charge in [-0.05, 0) is 80.1 Å². The highest BCUT2D eigenvalue weighted by atomic mass is 16.2. The standard InChI is InChI=1S/C33H32N6O3/c1-3-38(4-2)24-11-12-28(27(19-24)29-18-22(31(34)40)13-15-36-29)37-33(42)23-8-5-7-21(17-23)20-39-16-14-25-26(32(35)41)9-6-10-30(25)39/h5-19H,3-4,20H2,1-2H3,(H2,34,40)(H2,35,41)(H,37,42). The lowest BCUT2D eigenvalue weighted by Gasteiger charge is -2.23. The van der Waals surface area contributed by atoms with Gasteiger partial charge in [-0.25, -0.2) is 0 Å². The van der Waals surface area contributed by atoms with Crippen molar-refractivity contribution in [3.05, 3.63) is 114 Å². The molecule has 5 aromatic rings. The average molecular weight is 561 g/mol. The summed E-state index contributed by atoms with van der Waals surface area (Å²) in [6, 6.07) is 23.7. The molecule has 2 heterocycles. The summed E-state index contributed by atoms with van der Waals surface area (Å²) in [4.78, 5) is 43.9. The molecule has 0 fully saturated rings. The molecule has 0 unspecified atom stereocenters. The molecule has 0 bridgehead atoms. The summed E-state index contributed by atoms with van der Waals surface area (Å²) < 4.78 is 2.01. The number of anilines is 2. The summed E-state index contributed by atoms with van der Waals surface area (Å²) in [6.45, 7) is 6.27. The maximum Gasteiger partial charge on any atom is 0.255 e. The number of hydrogen-bond donors (Lipinski definition) is 3. The highest BCUT2D eigenvalue weighted by Gasteiger charge is 2.16. The fourth-order valence-corrected chi connectivity index (χ4v) is 5.15. The monoisotopic (exact) mass is 560 g/mol. The lowest BCUT2D eigenvalue weighted by Crippen LogP contribution is -2.22. The first-order valence-electron chi connectivity index (χ1n) is 13.7. The Morgan fingerprint density at radius 1 is 0.857 bits per heavy atom. The lowest BCUT2D eigenvalue weighted by atomic mass is 10.0. The van der Waals surface area contributed by atoms with Crippen molar-refractivity contribution in [1.29, 1.82) is 0 Å². The minimum atomic E-state index is -0.553. The van der Waals surface area contributed by atoms with Gasteiger partial charge in [-0.15, -0.1) is 0 Å². The molecular formula is C33H32N6O3. The number of benzene rings is 3. The Balaban J connectivity index is 1.45. The zero-order valence-electron chi connectivity index (χ0n) is 23.5. The van der Waals surface area contributed by atoms with Crippen LogP contribution in [0.5, 0.6) is 0 Å². The summed E-state index contributed by atoms with van der Waals surface area (Å²) in [6.07, 6.45) is 3.44. The number of pyridine rings is 1. The van der Waals surface area contributed by atoms with Crippen LogP contribution in [0.3, 0.4) is 0 Å². The molecule has 9 nitrogen and oxygen atoms in total. The number of carbonyl (C=O) groups excluding carboxylic acids is 3.